The van der Waals surface area contributed by atoms with Gasteiger partial charge in [0.05, 0.1) is 12.2 Å². The minimum absolute atomic E-state index is 0.240. The summed E-state index contributed by atoms with van der Waals surface area (Å²) in [7, 11) is 0. The summed E-state index contributed by atoms with van der Waals surface area (Å²) in [5.74, 6) is 0. The summed E-state index contributed by atoms with van der Waals surface area (Å²) in [4.78, 5) is 0. The molecule has 2 N–H and O–H groups in total. The standard InChI is InChI=1S/C10H13ClO2/c1-10(13,7-12)6-8-2-4-9(11)5-3-8/h2-5,12-13H,6-7H2,1H3. The summed E-state index contributed by atoms with van der Waals surface area (Å²) < 4.78 is 0. The Morgan fingerprint density at radius 3 is 2.31 bits per heavy atom. The summed E-state index contributed by atoms with van der Waals surface area (Å²) >= 11 is 5.70. The third kappa shape index (κ3) is 3.35. The van der Waals surface area contributed by atoms with Gasteiger partial charge in [0.2, 0.25) is 0 Å². The molecule has 13 heavy (non-hydrogen) atoms. The second-order valence-corrected chi connectivity index (χ2v) is 3.89. The van der Waals surface area contributed by atoms with Crippen LogP contribution in [-0.2, 0) is 6.42 Å². The SMILES string of the molecule is CC(O)(CO)Cc1ccc(Cl)cc1. The van der Waals surface area contributed by atoms with Gasteiger partial charge in [0, 0.05) is 11.4 Å². The first-order valence-electron chi connectivity index (χ1n) is 4.11. The van der Waals surface area contributed by atoms with Crippen LogP contribution in [0.15, 0.2) is 24.3 Å². The second kappa shape index (κ2) is 4.09. The first kappa shape index (κ1) is 10.5. The van der Waals surface area contributed by atoms with Gasteiger partial charge in [0.25, 0.3) is 0 Å². The number of aliphatic hydroxyl groups excluding tert-OH is 1. The van der Waals surface area contributed by atoms with Gasteiger partial charge in [-0.2, -0.15) is 0 Å². The molecule has 0 fully saturated rings. The van der Waals surface area contributed by atoms with E-state index in [1.54, 1.807) is 19.1 Å². The van der Waals surface area contributed by atoms with Crippen molar-refractivity contribution in [3.63, 3.8) is 0 Å². The number of aliphatic hydroxyl groups is 2. The molecule has 3 heteroatoms. The highest BCUT2D eigenvalue weighted by Crippen LogP contribution is 2.15. The number of hydrogen-bond acceptors (Lipinski definition) is 2. The molecule has 0 aliphatic carbocycles. The van der Waals surface area contributed by atoms with Crippen molar-refractivity contribution < 1.29 is 10.2 Å². The molecule has 0 aromatic heterocycles. The van der Waals surface area contributed by atoms with Crippen LogP contribution >= 0.6 is 11.6 Å². The summed E-state index contributed by atoms with van der Waals surface area (Å²) in [6.07, 6.45) is 0.431. The third-order valence-electron chi connectivity index (χ3n) is 1.84. The quantitative estimate of drug-likeness (QED) is 0.779. The Kier molecular flexibility index (Phi) is 3.31. The first-order chi connectivity index (χ1) is 6.03. The average molecular weight is 201 g/mol. The number of rotatable bonds is 3. The molecule has 1 aromatic carbocycles. The van der Waals surface area contributed by atoms with Crippen LogP contribution in [0.3, 0.4) is 0 Å². The topological polar surface area (TPSA) is 40.5 Å². The molecular weight excluding hydrogens is 188 g/mol. The Balaban J connectivity index is 2.69. The molecule has 0 saturated heterocycles. The van der Waals surface area contributed by atoms with Crippen LogP contribution in [0.4, 0.5) is 0 Å². The van der Waals surface area contributed by atoms with E-state index in [0.29, 0.717) is 11.4 Å². The van der Waals surface area contributed by atoms with E-state index in [4.69, 9.17) is 16.7 Å². The van der Waals surface area contributed by atoms with E-state index < -0.39 is 5.60 Å². The van der Waals surface area contributed by atoms with Crippen LogP contribution < -0.4 is 0 Å². The fraction of sp³-hybridized carbons (Fsp3) is 0.400. The van der Waals surface area contributed by atoms with Crippen LogP contribution in [0.25, 0.3) is 0 Å². The molecule has 0 radical (unpaired) electrons. The number of halogens is 1. The predicted octanol–water partition coefficient (Wildman–Crippen LogP) is 1.63. The van der Waals surface area contributed by atoms with E-state index in [9.17, 15) is 5.11 Å². The summed E-state index contributed by atoms with van der Waals surface area (Å²) in [6.45, 7) is 1.36. The summed E-state index contributed by atoms with van der Waals surface area (Å²) in [5.41, 5.74) is -0.0863. The van der Waals surface area contributed by atoms with Gasteiger partial charge in [-0.05, 0) is 24.6 Å². The normalized spacial score (nSPS) is 15.4. The molecular formula is C10H13ClO2. The van der Waals surface area contributed by atoms with Crippen LogP contribution in [0, 0.1) is 0 Å². The van der Waals surface area contributed by atoms with E-state index in [1.807, 2.05) is 12.1 Å². The van der Waals surface area contributed by atoms with Gasteiger partial charge in [0.1, 0.15) is 0 Å². The Bertz CT molecular complexity index is 267. The van der Waals surface area contributed by atoms with E-state index in [1.165, 1.54) is 0 Å². The maximum atomic E-state index is 9.56. The molecule has 0 aliphatic heterocycles. The van der Waals surface area contributed by atoms with Gasteiger partial charge >= 0.3 is 0 Å². The van der Waals surface area contributed by atoms with Crippen LogP contribution in [0.5, 0.6) is 0 Å². The minimum atomic E-state index is -1.05. The highest BCUT2D eigenvalue weighted by atomic mass is 35.5. The second-order valence-electron chi connectivity index (χ2n) is 3.46. The zero-order valence-corrected chi connectivity index (χ0v) is 8.25. The van der Waals surface area contributed by atoms with Gasteiger partial charge in [-0.15, -0.1) is 0 Å². The van der Waals surface area contributed by atoms with Gasteiger partial charge < -0.3 is 10.2 Å². The van der Waals surface area contributed by atoms with Crippen molar-refractivity contribution in [1.29, 1.82) is 0 Å². The highest BCUT2D eigenvalue weighted by Gasteiger charge is 2.18. The van der Waals surface area contributed by atoms with Crippen molar-refractivity contribution >= 4 is 11.6 Å². The van der Waals surface area contributed by atoms with Gasteiger partial charge in [-0.25, -0.2) is 0 Å². The predicted molar refractivity (Wildman–Crippen MR) is 52.9 cm³/mol. The van der Waals surface area contributed by atoms with E-state index in [-0.39, 0.29) is 6.61 Å². The number of hydrogen-bond donors (Lipinski definition) is 2. The van der Waals surface area contributed by atoms with Crippen molar-refractivity contribution in [1.82, 2.24) is 0 Å². The lowest BCUT2D eigenvalue weighted by atomic mass is 9.98. The van der Waals surface area contributed by atoms with Crippen LogP contribution in [0.2, 0.25) is 5.02 Å². The monoisotopic (exact) mass is 200 g/mol. The van der Waals surface area contributed by atoms with Crippen molar-refractivity contribution in [2.24, 2.45) is 0 Å². The molecule has 0 amide bonds. The lowest BCUT2D eigenvalue weighted by Gasteiger charge is -2.19. The van der Waals surface area contributed by atoms with E-state index in [0.717, 1.165) is 5.56 Å². The first-order valence-corrected chi connectivity index (χ1v) is 4.49. The smallest absolute Gasteiger partial charge is 0.0889 e. The van der Waals surface area contributed by atoms with E-state index in [2.05, 4.69) is 0 Å². The minimum Gasteiger partial charge on any atom is -0.393 e. The summed E-state index contributed by atoms with van der Waals surface area (Å²) in [6, 6.07) is 7.22. The van der Waals surface area contributed by atoms with Crippen molar-refractivity contribution in [2.75, 3.05) is 6.61 Å². The molecule has 72 valence electrons. The van der Waals surface area contributed by atoms with E-state index >= 15 is 0 Å². The maximum Gasteiger partial charge on any atom is 0.0889 e. The van der Waals surface area contributed by atoms with Crippen molar-refractivity contribution in [2.45, 2.75) is 18.9 Å². The maximum absolute atomic E-state index is 9.56. The molecule has 1 aromatic rings. The third-order valence-corrected chi connectivity index (χ3v) is 2.09. The fourth-order valence-electron chi connectivity index (χ4n) is 1.10. The van der Waals surface area contributed by atoms with Crippen LogP contribution in [-0.4, -0.2) is 22.4 Å². The molecule has 0 spiro atoms. The largest absolute Gasteiger partial charge is 0.393 e. The Labute approximate surface area is 82.8 Å². The molecule has 2 nitrogen and oxygen atoms in total. The lowest BCUT2D eigenvalue weighted by molar-refractivity contribution is 0.00232. The van der Waals surface area contributed by atoms with Gasteiger partial charge in [0.15, 0.2) is 0 Å². The van der Waals surface area contributed by atoms with Crippen LogP contribution in [0.1, 0.15) is 12.5 Å². The highest BCUT2D eigenvalue weighted by molar-refractivity contribution is 6.30. The van der Waals surface area contributed by atoms with Gasteiger partial charge in [-0.1, -0.05) is 23.7 Å². The molecule has 1 atom stereocenters. The zero-order valence-electron chi connectivity index (χ0n) is 7.50. The molecule has 1 unspecified atom stereocenters. The molecule has 0 heterocycles. The molecule has 0 aliphatic rings. The van der Waals surface area contributed by atoms with Crippen molar-refractivity contribution in [3.8, 4) is 0 Å². The molecule has 0 saturated carbocycles. The molecule has 0 bridgehead atoms. The Morgan fingerprint density at radius 2 is 1.85 bits per heavy atom. The average Bonchev–Trinajstić information content (AvgIpc) is 2.09. The molecule has 1 rings (SSSR count). The van der Waals surface area contributed by atoms with Crippen molar-refractivity contribution in [3.05, 3.63) is 34.9 Å². The Morgan fingerprint density at radius 1 is 1.31 bits per heavy atom. The Hall–Kier alpha value is -0.570. The summed E-state index contributed by atoms with van der Waals surface area (Å²) in [5, 5.41) is 19.1. The number of benzene rings is 1. The zero-order chi connectivity index (χ0) is 9.90. The lowest BCUT2D eigenvalue weighted by Crippen LogP contribution is -2.31. The fourth-order valence-corrected chi connectivity index (χ4v) is 1.22. The van der Waals surface area contributed by atoms with Gasteiger partial charge in [-0.3, -0.25) is 0 Å².